The fraction of sp³-hybridized carbons (Fsp3) is 0.692. The third-order valence-corrected chi connectivity index (χ3v) is 3.33. The molecule has 2 N–H and O–H groups in total. The van der Waals surface area contributed by atoms with Crippen LogP contribution in [0.1, 0.15) is 37.4 Å². The number of hydrogen-bond acceptors (Lipinski definition) is 4. The molecule has 1 aromatic heterocycles. The summed E-state index contributed by atoms with van der Waals surface area (Å²) in [6.45, 7) is 2.24. The maximum Gasteiger partial charge on any atom is 0.252 e. The Kier molecular flexibility index (Phi) is 3.32. The largest absolute Gasteiger partial charge is 0.379 e. The summed E-state index contributed by atoms with van der Waals surface area (Å²) in [5, 5.41) is 3.15. The van der Waals surface area contributed by atoms with Gasteiger partial charge in [-0.2, -0.15) is 0 Å². The first kappa shape index (κ1) is 11.7. The molecule has 2 fully saturated rings. The highest BCUT2D eigenvalue weighted by molar-refractivity contribution is 5.33. The smallest absolute Gasteiger partial charge is 0.252 e. The van der Waals surface area contributed by atoms with Crippen LogP contribution in [0.3, 0.4) is 0 Å². The van der Waals surface area contributed by atoms with Crippen molar-refractivity contribution in [1.29, 1.82) is 0 Å². The van der Waals surface area contributed by atoms with Gasteiger partial charge in [-0.15, -0.1) is 0 Å². The molecule has 0 aliphatic heterocycles. The van der Waals surface area contributed by atoms with Gasteiger partial charge < -0.3 is 15.0 Å². The molecule has 1 aromatic rings. The summed E-state index contributed by atoms with van der Waals surface area (Å²) in [7, 11) is 0. The van der Waals surface area contributed by atoms with E-state index >= 15 is 0 Å². The van der Waals surface area contributed by atoms with Crippen LogP contribution in [-0.4, -0.2) is 29.7 Å². The molecule has 0 amide bonds. The van der Waals surface area contributed by atoms with Crippen LogP contribution in [-0.2, 0) is 4.74 Å². The minimum Gasteiger partial charge on any atom is -0.379 e. The van der Waals surface area contributed by atoms with Crippen molar-refractivity contribution in [2.75, 3.05) is 25.1 Å². The van der Waals surface area contributed by atoms with Gasteiger partial charge in [-0.05, 0) is 31.6 Å². The highest BCUT2D eigenvalue weighted by atomic mass is 16.5. The van der Waals surface area contributed by atoms with E-state index in [1.165, 1.54) is 18.9 Å². The Balaban J connectivity index is 1.46. The minimum atomic E-state index is -0.0756. The normalized spacial score (nSPS) is 18.9. The zero-order valence-corrected chi connectivity index (χ0v) is 10.4. The van der Waals surface area contributed by atoms with Crippen LogP contribution < -0.4 is 10.9 Å². The second kappa shape index (κ2) is 5.10. The fourth-order valence-corrected chi connectivity index (χ4v) is 1.90. The van der Waals surface area contributed by atoms with Crippen molar-refractivity contribution in [1.82, 2.24) is 9.97 Å². The number of aromatic nitrogens is 2. The third-order valence-electron chi connectivity index (χ3n) is 3.33. The van der Waals surface area contributed by atoms with Crippen molar-refractivity contribution in [3.05, 3.63) is 22.2 Å². The maximum atomic E-state index is 11.5. The summed E-state index contributed by atoms with van der Waals surface area (Å²) in [6, 6.07) is 1.51. The summed E-state index contributed by atoms with van der Waals surface area (Å²) >= 11 is 0. The van der Waals surface area contributed by atoms with Crippen LogP contribution in [0.25, 0.3) is 0 Å². The monoisotopic (exact) mass is 249 g/mol. The van der Waals surface area contributed by atoms with Crippen LogP contribution in [0.15, 0.2) is 10.9 Å². The molecule has 2 aliphatic rings. The van der Waals surface area contributed by atoms with E-state index in [0.717, 1.165) is 31.2 Å². The van der Waals surface area contributed by atoms with Gasteiger partial charge in [-0.25, -0.2) is 4.98 Å². The highest BCUT2D eigenvalue weighted by Gasteiger charge is 2.26. The average Bonchev–Trinajstić information content (AvgIpc) is 3.21. The predicted octanol–water partition coefficient (Wildman–Crippen LogP) is 1.49. The van der Waals surface area contributed by atoms with Gasteiger partial charge in [0, 0.05) is 25.1 Å². The van der Waals surface area contributed by atoms with Crippen LogP contribution >= 0.6 is 0 Å². The van der Waals surface area contributed by atoms with Gasteiger partial charge in [-0.1, -0.05) is 0 Å². The molecule has 0 atom stereocenters. The number of aromatic amines is 1. The Morgan fingerprint density at radius 1 is 1.39 bits per heavy atom. The molecule has 2 saturated carbocycles. The first-order valence-electron chi connectivity index (χ1n) is 6.74. The zero-order chi connectivity index (χ0) is 12.4. The number of H-pyrrole nitrogens is 1. The second-order valence-corrected chi connectivity index (χ2v) is 5.24. The van der Waals surface area contributed by atoms with Crippen molar-refractivity contribution < 1.29 is 4.74 Å². The SMILES string of the molecule is O=c1cc(NCCOCC2CC2)nc(C2CC2)[nH]1. The molecule has 98 valence electrons. The third kappa shape index (κ3) is 3.32. The Labute approximate surface area is 106 Å². The van der Waals surface area contributed by atoms with E-state index in [-0.39, 0.29) is 5.56 Å². The van der Waals surface area contributed by atoms with E-state index in [1.807, 2.05) is 0 Å². The van der Waals surface area contributed by atoms with Crippen LogP contribution in [0.4, 0.5) is 5.82 Å². The molecule has 2 aliphatic carbocycles. The summed E-state index contributed by atoms with van der Waals surface area (Å²) < 4.78 is 5.52. The van der Waals surface area contributed by atoms with Gasteiger partial charge in [-0.3, -0.25) is 4.79 Å². The molecule has 0 saturated heterocycles. The van der Waals surface area contributed by atoms with Gasteiger partial charge in [0.1, 0.15) is 11.6 Å². The van der Waals surface area contributed by atoms with Crippen molar-refractivity contribution in [2.45, 2.75) is 31.6 Å². The molecule has 0 bridgehead atoms. The lowest BCUT2D eigenvalue weighted by Crippen LogP contribution is -2.16. The molecule has 0 radical (unpaired) electrons. The molecule has 0 unspecified atom stereocenters. The molecule has 0 spiro atoms. The maximum absolute atomic E-state index is 11.5. The van der Waals surface area contributed by atoms with Crippen molar-refractivity contribution in [2.24, 2.45) is 5.92 Å². The van der Waals surface area contributed by atoms with Crippen molar-refractivity contribution in [3.63, 3.8) is 0 Å². The first-order valence-corrected chi connectivity index (χ1v) is 6.74. The van der Waals surface area contributed by atoms with Gasteiger partial charge >= 0.3 is 0 Å². The van der Waals surface area contributed by atoms with Gasteiger partial charge in [0.2, 0.25) is 0 Å². The molecular weight excluding hydrogens is 230 g/mol. The first-order chi connectivity index (χ1) is 8.81. The van der Waals surface area contributed by atoms with E-state index in [4.69, 9.17) is 4.74 Å². The summed E-state index contributed by atoms with van der Waals surface area (Å²) in [6.07, 6.45) is 4.90. The fourth-order valence-electron chi connectivity index (χ4n) is 1.90. The quantitative estimate of drug-likeness (QED) is 0.718. The number of rotatable bonds is 7. The number of ether oxygens (including phenoxy) is 1. The molecule has 0 aromatic carbocycles. The number of hydrogen-bond donors (Lipinski definition) is 2. The predicted molar refractivity (Wildman–Crippen MR) is 68.9 cm³/mol. The second-order valence-electron chi connectivity index (χ2n) is 5.24. The Morgan fingerprint density at radius 3 is 2.94 bits per heavy atom. The molecule has 3 rings (SSSR count). The van der Waals surface area contributed by atoms with Crippen LogP contribution in [0.5, 0.6) is 0 Å². The van der Waals surface area contributed by atoms with E-state index in [9.17, 15) is 4.79 Å². The molecule has 1 heterocycles. The number of nitrogens with one attached hydrogen (secondary N) is 2. The average molecular weight is 249 g/mol. The van der Waals surface area contributed by atoms with E-state index < -0.39 is 0 Å². The molecule has 5 nitrogen and oxygen atoms in total. The summed E-state index contributed by atoms with van der Waals surface area (Å²) in [5.74, 6) is 2.74. The lowest BCUT2D eigenvalue weighted by atomic mass is 10.4. The number of anilines is 1. The van der Waals surface area contributed by atoms with Crippen molar-refractivity contribution in [3.8, 4) is 0 Å². The van der Waals surface area contributed by atoms with E-state index in [2.05, 4.69) is 15.3 Å². The lowest BCUT2D eigenvalue weighted by molar-refractivity contribution is 0.134. The molecule has 5 heteroatoms. The highest BCUT2D eigenvalue weighted by Crippen LogP contribution is 2.37. The molecular formula is C13H19N3O2. The van der Waals surface area contributed by atoms with Gasteiger partial charge in [0.15, 0.2) is 0 Å². The Hall–Kier alpha value is -1.36. The number of nitrogens with zero attached hydrogens (tertiary/aromatic N) is 1. The Morgan fingerprint density at radius 2 is 2.22 bits per heavy atom. The summed E-state index contributed by atoms with van der Waals surface area (Å²) in [5.41, 5.74) is -0.0756. The van der Waals surface area contributed by atoms with Gasteiger partial charge in [0.05, 0.1) is 6.61 Å². The van der Waals surface area contributed by atoms with Crippen LogP contribution in [0, 0.1) is 5.92 Å². The topological polar surface area (TPSA) is 67.0 Å². The lowest BCUT2D eigenvalue weighted by Gasteiger charge is -2.07. The molecule has 18 heavy (non-hydrogen) atoms. The van der Waals surface area contributed by atoms with Crippen molar-refractivity contribution >= 4 is 5.82 Å². The Bertz CT molecular complexity index is 464. The zero-order valence-electron chi connectivity index (χ0n) is 10.4. The van der Waals surface area contributed by atoms with Gasteiger partial charge in [0.25, 0.3) is 5.56 Å². The van der Waals surface area contributed by atoms with E-state index in [1.54, 1.807) is 0 Å². The minimum absolute atomic E-state index is 0.0756. The summed E-state index contributed by atoms with van der Waals surface area (Å²) in [4.78, 5) is 18.7. The van der Waals surface area contributed by atoms with E-state index in [0.29, 0.717) is 24.9 Å². The standard InChI is InChI=1S/C13H19N3O2/c17-12-7-11(15-13(16-12)10-3-4-10)14-5-6-18-8-9-1-2-9/h7,9-10H,1-6,8H2,(H2,14,15,16,17). The van der Waals surface area contributed by atoms with Crippen LogP contribution in [0.2, 0.25) is 0 Å².